The van der Waals surface area contributed by atoms with Crippen LogP contribution in [-0.4, -0.2) is 6.54 Å². The Hall–Kier alpha value is -1.12. The zero-order valence-corrected chi connectivity index (χ0v) is 14.3. The van der Waals surface area contributed by atoms with E-state index in [1.165, 1.54) is 34.0 Å². The van der Waals surface area contributed by atoms with E-state index in [0.29, 0.717) is 12.0 Å². The standard InChI is InChI=1S/C19H22BrN/c1-3-21-19(16-8-13(2)9-17(20)11-16)12-15-10-14-6-4-5-7-18(14)15/h4-9,11,15,19,21H,3,10,12H2,1-2H3. The number of hydrogen-bond acceptors (Lipinski definition) is 1. The zero-order valence-electron chi connectivity index (χ0n) is 12.7. The van der Waals surface area contributed by atoms with E-state index >= 15 is 0 Å². The molecule has 0 saturated heterocycles. The molecule has 2 aromatic rings. The highest BCUT2D eigenvalue weighted by atomic mass is 79.9. The maximum absolute atomic E-state index is 3.66. The number of benzene rings is 2. The van der Waals surface area contributed by atoms with Gasteiger partial charge in [0.15, 0.2) is 0 Å². The molecule has 0 bridgehead atoms. The van der Waals surface area contributed by atoms with Crippen LogP contribution in [0.5, 0.6) is 0 Å². The Labute approximate surface area is 135 Å². The van der Waals surface area contributed by atoms with E-state index in [9.17, 15) is 0 Å². The third-order valence-electron chi connectivity index (χ3n) is 4.40. The second-order valence-electron chi connectivity index (χ2n) is 6.01. The van der Waals surface area contributed by atoms with Crippen LogP contribution in [0.4, 0.5) is 0 Å². The van der Waals surface area contributed by atoms with Crippen molar-refractivity contribution in [1.82, 2.24) is 5.32 Å². The maximum Gasteiger partial charge on any atom is 0.0326 e. The fourth-order valence-corrected chi connectivity index (χ4v) is 4.03. The fourth-order valence-electron chi connectivity index (χ4n) is 3.41. The summed E-state index contributed by atoms with van der Waals surface area (Å²) in [6, 6.07) is 16.0. The van der Waals surface area contributed by atoms with Gasteiger partial charge in [-0.15, -0.1) is 0 Å². The molecule has 1 aliphatic rings. The zero-order chi connectivity index (χ0) is 14.8. The van der Waals surface area contributed by atoms with Gasteiger partial charge < -0.3 is 5.32 Å². The minimum absolute atomic E-state index is 0.435. The Balaban J connectivity index is 1.80. The van der Waals surface area contributed by atoms with Crippen molar-refractivity contribution in [2.24, 2.45) is 0 Å². The molecule has 0 amide bonds. The molecular formula is C19H22BrN. The molecule has 0 spiro atoms. The Bertz CT molecular complexity index is 615. The molecule has 0 fully saturated rings. The molecule has 1 N–H and O–H groups in total. The summed E-state index contributed by atoms with van der Waals surface area (Å²) in [5, 5.41) is 3.66. The molecule has 0 aromatic heterocycles. The topological polar surface area (TPSA) is 12.0 Å². The van der Waals surface area contributed by atoms with Gasteiger partial charge in [0.25, 0.3) is 0 Å². The molecular weight excluding hydrogens is 322 g/mol. The Morgan fingerprint density at radius 2 is 2.05 bits per heavy atom. The summed E-state index contributed by atoms with van der Waals surface area (Å²) in [5.41, 5.74) is 5.79. The van der Waals surface area contributed by atoms with Crippen LogP contribution in [0.2, 0.25) is 0 Å². The van der Waals surface area contributed by atoms with Gasteiger partial charge in [-0.2, -0.15) is 0 Å². The van der Waals surface area contributed by atoms with Crippen LogP contribution >= 0.6 is 15.9 Å². The monoisotopic (exact) mass is 343 g/mol. The van der Waals surface area contributed by atoms with Gasteiger partial charge in [0.2, 0.25) is 0 Å². The van der Waals surface area contributed by atoms with Crippen LogP contribution in [-0.2, 0) is 6.42 Å². The number of hydrogen-bond donors (Lipinski definition) is 1. The number of fused-ring (bicyclic) bond motifs is 1. The molecule has 0 heterocycles. The van der Waals surface area contributed by atoms with Crippen LogP contribution < -0.4 is 5.32 Å². The van der Waals surface area contributed by atoms with Gasteiger partial charge in [0, 0.05) is 10.5 Å². The van der Waals surface area contributed by atoms with Crippen LogP contribution in [0.3, 0.4) is 0 Å². The number of aryl methyl sites for hydroxylation is 1. The fraction of sp³-hybridized carbons (Fsp3) is 0.368. The van der Waals surface area contributed by atoms with E-state index in [-0.39, 0.29) is 0 Å². The first-order valence-corrected chi connectivity index (χ1v) is 8.55. The molecule has 2 heteroatoms. The highest BCUT2D eigenvalue weighted by Crippen LogP contribution is 2.41. The smallest absolute Gasteiger partial charge is 0.0326 e. The predicted octanol–water partition coefficient (Wildman–Crippen LogP) is 5.14. The van der Waals surface area contributed by atoms with E-state index in [0.717, 1.165) is 6.54 Å². The van der Waals surface area contributed by atoms with Crippen LogP contribution in [0.1, 0.15) is 47.6 Å². The molecule has 1 aliphatic carbocycles. The number of nitrogens with one attached hydrogen (secondary N) is 1. The highest BCUT2D eigenvalue weighted by molar-refractivity contribution is 9.10. The maximum atomic E-state index is 3.66. The summed E-state index contributed by atoms with van der Waals surface area (Å²) in [5.74, 6) is 0.699. The minimum atomic E-state index is 0.435. The van der Waals surface area contributed by atoms with Gasteiger partial charge in [-0.1, -0.05) is 53.2 Å². The average molecular weight is 344 g/mol. The summed E-state index contributed by atoms with van der Waals surface area (Å²) in [4.78, 5) is 0. The first-order valence-electron chi connectivity index (χ1n) is 7.75. The SMILES string of the molecule is CCNC(CC1Cc2ccccc21)c1cc(C)cc(Br)c1. The lowest BCUT2D eigenvalue weighted by molar-refractivity contribution is 0.435. The molecule has 3 rings (SSSR count). The molecule has 1 nitrogen and oxygen atoms in total. The van der Waals surface area contributed by atoms with Crippen molar-refractivity contribution in [2.75, 3.05) is 6.54 Å². The lowest BCUT2D eigenvalue weighted by Crippen LogP contribution is -2.27. The van der Waals surface area contributed by atoms with Crippen LogP contribution in [0, 0.1) is 6.92 Å². The average Bonchev–Trinajstić information content (AvgIpc) is 2.42. The minimum Gasteiger partial charge on any atom is -0.310 e. The van der Waals surface area contributed by atoms with Crippen molar-refractivity contribution >= 4 is 15.9 Å². The van der Waals surface area contributed by atoms with Crippen molar-refractivity contribution < 1.29 is 0 Å². The lowest BCUT2D eigenvalue weighted by Gasteiger charge is -2.33. The summed E-state index contributed by atoms with van der Waals surface area (Å²) >= 11 is 3.63. The second kappa shape index (κ2) is 6.33. The normalized spacial score (nSPS) is 18.0. The van der Waals surface area contributed by atoms with E-state index in [2.05, 4.69) is 77.6 Å². The molecule has 0 aliphatic heterocycles. The number of halogens is 1. The van der Waals surface area contributed by atoms with Crippen LogP contribution in [0.25, 0.3) is 0 Å². The molecule has 2 aromatic carbocycles. The van der Waals surface area contributed by atoms with Gasteiger partial charge in [-0.05, 0) is 66.6 Å². The Morgan fingerprint density at radius 1 is 1.24 bits per heavy atom. The Morgan fingerprint density at radius 3 is 2.76 bits per heavy atom. The largest absolute Gasteiger partial charge is 0.310 e. The van der Waals surface area contributed by atoms with Crippen molar-refractivity contribution in [3.05, 3.63) is 69.2 Å². The van der Waals surface area contributed by atoms with Crippen molar-refractivity contribution in [3.63, 3.8) is 0 Å². The van der Waals surface area contributed by atoms with Crippen molar-refractivity contribution in [1.29, 1.82) is 0 Å². The first kappa shape index (κ1) is 14.8. The quantitative estimate of drug-likeness (QED) is 0.792. The Kier molecular flexibility index (Phi) is 4.46. The molecule has 110 valence electrons. The third kappa shape index (κ3) is 3.22. The molecule has 0 radical (unpaired) electrons. The number of rotatable bonds is 5. The van der Waals surface area contributed by atoms with Gasteiger partial charge >= 0.3 is 0 Å². The van der Waals surface area contributed by atoms with Crippen LogP contribution in [0.15, 0.2) is 46.9 Å². The van der Waals surface area contributed by atoms with Gasteiger partial charge in [0.1, 0.15) is 0 Å². The summed E-state index contributed by atoms with van der Waals surface area (Å²) in [6.45, 7) is 5.35. The van der Waals surface area contributed by atoms with Gasteiger partial charge in [0.05, 0.1) is 0 Å². The van der Waals surface area contributed by atoms with Crippen molar-refractivity contribution in [2.45, 2.75) is 38.6 Å². The molecule has 2 atom stereocenters. The lowest BCUT2D eigenvalue weighted by atomic mass is 9.73. The molecule has 21 heavy (non-hydrogen) atoms. The summed E-state index contributed by atoms with van der Waals surface area (Å²) in [6.07, 6.45) is 2.41. The van der Waals surface area contributed by atoms with E-state index in [4.69, 9.17) is 0 Å². The predicted molar refractivity (Wildman–Crippen MR) is 92.8 cm³/mol. The second-order valence-corrected chi connectivity index (χ2v) is 6.92. The van der Waals surface area contributed by atoms with E-state index < -0.39 is 0 Å². The van der Waals surface area contributed by atoms with Gasteiger partial charge in [-0.25, -0.2) is 0 Å². The summed E-state index contributed by atoms with van der Waals surface area (Å²) in [7, 11) is 0. The summed E-state index contributed by atoms with van der Waals surface area (Å²) < 4.78 is 1.18. The van der Waals surface area contributed by atoms with Crippen molar-refractivity contribution in [3.8, 4) is 0 Å². The first-order chi connectivity index (χ1) is 10.2. The molecule has 2 unspecified atom stereocenters. The highest BCUT2D eigenvalue weighted by Gasteiger charge is 2.28. The van der Waals surface area contributed by atoms with Gasteiger partial charge in [-0.3, -0.25) is 0 Å². The third-order valence-corrected chi connectivity index (χ3v) is 4.86. The molecule has 0 saturated carbocycles. The van der Waals surface area contributed by atoms with E-state index in [1.54, 1.807) is 5.56 Å². The van der Waals surface area contributed by atoms with E-state index in [1.807, 2.05) is 0 Å².